The molecule has 0 saturated heterocycles. The van der Waals surface area contributed by atoms with Gasteiger partial charge in [-0.15, -0.1) is 0 Å². The number of nitrogens with one attached hydrogen (secondary N) is 1. The Bertz CT molecular complexity index is 619. The minimum Gasteiger partial charge on any atom is -0.494 e. The van der Waals surface area contributed by atoms with Crippen LogP contribution >= 0.6 is 0 Å². The van der Waals surface area contributed by atoms with Crippen LogP contribution < -0.4 is 15.8 Å². The molecule has 0 radical (unpaired) electrons. The molecule has 2 atom stereocenters. The summed E-state index contributed by atoms with van der Waals surface area (Å²) < 4.78 is 5.79. The normalized spacial score (nSPS) is 18.5. The second-order valence-corrected chi connectivity index (χ2v) is 5.47. The Balaban J connectivity index is 1.56. The van der Waals surface area contributed by atoms with E-state index in [0.29, 0.717) is 13.0 Å². The smallest absolute Gasteiger partial charge is 0.131 e. The van der Waals surface area contributed by atoms with Crippen LogP contribution in [0.4, 0.5) is 0 Å². The highest BCUT2D eigenvalue weighted by Crippen LogP contribution is 2.25. The number of nitrogens with zero attached hydrogens (tertiary/aromatic N) is 1. The highest BCUT2D eigenvalue weighted by atomic mass is 16.5. The van der Waals surface area contributed by atoms with Gasteiger partial charge in [0.1, 0.15) is 12.0 Å². The predicted octanol–water partition coefficient (Wildman–Crippen LogP) is 1.69. The van der Waals surface area contributed by atoms with Crippen LogP contribution in [0.3, 0.4) is 0 Å². The van der Waals surface area contributed by atoms with Crippen LogP contribution in [-0.4, -0.2) is 23.2 Å². The number of hydrogen-bond acceptors (Lipinski definition) is 5. The maximum Gasteiger partial charge on any atom is 0.131 e. The lowest BCUT2D eigenvalue weighted by Gasteiger charge is -2.23. The van der Waals surface area contributed by atoms with E-state index >= 15 is 0 Å². The lowest BCUT2D eigenvalue weighted by Crippen LogP contribution is -2.29. The molecule has 4 N–H and O–H groups in total. The van der Waals surface area contributed by atoms with Crippen molar-refractivity contribution in [1.29, 1.82) is 0 Å². The zero-order valence-corrected chi connectivity index (χ0v) is 12.4. The summed E-state index contributed by atoms with van der Waals surface area (Å²) in [5.74, 6) is 0.820. The molecule has 1 aliphatic heterocycles. The quantitative estimate of drug-likeness (QED) is 0.783. The molecule has 0 fully saturated rings. The lowest BCUT2D eigenvalue weighted by molar-refractivity contribution is 0.132. The van der Waals surface area contributed by atoms with Crippen LogP contribution in [-0.2, 0) is 6.42 Å². The summed E-state index contributed by atoms with van der Waals surface area (Å²) in [6, 6.07) is 11.4. The number of aromatic nitrogens is 1. The minimum absolute atomic E-state index is 0.121. The number of pyridine rings is 1. The number of hydrogen-bond donors (Lipinski definition) is 3. The van der Waals surface area contributed by atoms with Gasteiger partial charge in [0, 0.05) is 19.2 Å². The number of fused-ring (bicyclic) bond motifs is 1. The first kappa shape index (κ1) is 15.0. The lowest BCUT2D eigenvalue weighted by atomic mass is 9.99. The zero-order valence-electron chi connectivity index (χ0n) is 12.4. The van der Waals surface area contributed by atoms with Gasteiger partial charge in [0.15, 0.2) is 0 Å². The van der Waals surface area contributed by atoms with E-state index in [1.807, 2.05) is 36.4 Å². The molecule has 0 saturated carbocycles. The summed E-state index contributed by atoms with van der Waals surface area (Å²) in [6.07, 6.45) is 2.78. The van der Waals surface area contributed by atoms with Gasteiger partial charge in [0.25, 0.3) is 0 Å². The van der Waals surface area contributed by atoms with E-state index in [-0.39, 0.29) is 6.04 Å². The fraction of sp³-hybridized carbons (Fsp3) is 0.353. The molecule has 1 aromatic carbocycles. The van der Waals surface area contributed by atoms with Crippen LogP contribution in [0.15, 0.2) is 42.6 Å². The van der Waals surface area contributed by atoms with E-state index in [0.717, 1.165) is 35.5 Å². The summed E-state index contributed by atoms with van der Waals surface area (Å²) in [4.78, 5) is 4.26. The van der Waals surface area contributed by atoms with Crippen molar-refractivity contribution in [2.45, 2.75) is 25.1 Å². The summed E-state index contributed by atoms with van der Waals surface area (Å²) >= 11 is 0. The third-order valence-corrected chi connectivity index (χ3v) is 3.91. The first-order valence-electron chi connectivity index (χ1n) is 7.57. The van der Waals surface area contributed by atoms with Crippen molar-refractivity contribution in [2.24, 2.45) is 5.73 Å². The van der Waals surface area contributed by atoms with E-state index in [1.54, 1.807) is 6.20 Å². The maximum absolute atomic E-state index is 9.85. The summed E-state index contributed by atoms with van der Waals surface area (Å²) in [5, 5.41) is 12.9. The third-order valence-electron chi connectivity index (χ3n) is 3.91. The van der Waals surface area contributed by atoms with Gasteiger partial charge in [-0.3, -0.25) is 10.3 Å². The zero-order chi connectivity index (χ0) is 15.4. The van der Waals surface area contributed by atoms with Crippen molar-refractivity contribution in [3.05, 3.63) is 59.4 Å². The molecule has 0 bridgehead atoms. The standard InChI is InChI=1S/C17H21N3O2/c18-15(16-3-1-2-8-19-16)7-10-22-13-4-5-14-12(11-13)6-9-20-17(14)21/h1-5,8,11,15,17,20-21H,6-7,9-10,18H2. The molecule has 1 aromatic heterocycles. The Morgan fingerprint density at radius 1 is 1.36 bits per heavy atom. The molecule has 116 valence electrons. The van der Waals surface area contributed by atoms with Crippen molar-refractivity contribution in [3.8, 4) is 5.75 Å². The fourth-order valence-corrected chi connectivity index (χ4v) is 2.66. The van der Waals surface area contributed by atoms with Crippen LogP contribution in [0.1, 0.15) is 35.5 Å². The van der Waals surface area contributed by atoms with E-state index in [4.69, 9.17) is 10.5 Å². The summed E-state index contributed by atoms with van der Waals surface area (Å²) in [5.41, 5.74) is 9.06. The van der Waals surface area contributed by atoms with Gasteiger partial charge in [0.05, 0.1) is 18.3 Å². The van der Waals surface area contributed by atoms with Crippen LogP contribution in [0.5, 0.6) is 5.75 Å². The Morgan fingerprint density at radius 3 is 3.09 bits per heavy atom. The number of aliphatic hydroxyl groups is 1. The Kier molecular flexibility index (Phi) is 4.68. The van der Waals surface area contributed by atoms with Gasteiger partial charge < -0.3 is 15.6 Å². The van der Waals surface area contributed by atoms with E-state index in [2.05, 4.69) is 10.3 Å². The Labute approximate surface area is 130 Å². The number of ether oxygens (including phenoxy) is 1. The third kappa shape index (κ3) is 3.44. The largest absolute Gasteiger partial charge is 0.494 e. The average molecular weight is 299 g/mol. The van der Waals surface area contributed by atoms with Crippen LogP contribution in [0.2, 0.25) is 0 Å². The molecule has 2 unspecified atom stereocenters. The minimum atomic E-state index is -0.574. The van der Waals surface area contributed by atoms with Gasteiger partial charge in [-0.1, -0.05) is 12.1 Å². The monoisotopic (exact) mass is 299 g/mol. The molecule has 5 heteroatoms. The molecule has 2 heterocycles. The van der Waals surface area contributed by atoms with Gasteiger partial charge >= 0.3 is 0 Å². The van der Waals surface area contributed by atoms with Crippen LogP contribution in [0.25, 0.3) is 0 Å². The van der Waals surface area contributed by atoms with Gasteiger partial charge in [-0.25, -0.2) is 0 Å². The molecule has 22 heavy (non-hydrogen) atoms. The molecule has 3 rings (SSSR count). The molecule has 0 amide bonds. The number of rotatable bonds is 5. The Morgan fingerprint density at radius 2 is 2.27 bits per heavy atom. The van der Waals surface area contributed by atoms with Crippen molar-refractivity contribution in [3.63, 3.8) is 0 Å². The molecule has 2 aromatic rings. The number of nitrogens with two attached hydrogens (primary N) is 1. The van der Waals surface area contributed by atoms with Gasteiger partial charge in [-0.05, 0) is 41.8 Å². The van der Waals surface area contributed by atoms with Crippen molar-refractivity contribution < 1.29 is 9.84 Å². The van der Waals surface area contributed by atoms with E-state index in [1.165, 1.54) is 0 Å². The first-order chi connectivity index (χ1) is 10.7. The van der Waals surface area contributed by atoms with E-state index in [9.17, 15) is 5.11 Å². The van der Waals surface area contributed by atoms with Crippen molar-refractivity contribution >= 4 is 0 Å². The molecular formula is C17H21N3O2. The SMILES string of the molecule is NC(CCOc1ccc2c(c1)CCNC2O)c1ccccn1. The molecule has 1 aliphatic rings. The van der Waals surface area contributed by atoms with Crippen molar-refractivity contribution in [1.82, 2.24) is 10.3 Å². The molecular weight excluding hydrogens is 278 g/mol. The average Bonchev–Trinajstić information content (AvgIpc) is 2.56. The Hall–Kier alpha value is -1.95. The van der Waals surface area contributed by atoms with Gasteiger partial charge in [-0.2, -0.15) is 0 Å². The molecule has 0 aliphatic carbocycles. The summed E-state index contributed by atoms with van der Waals surface area (Å²) in [6.45, 7) is 1.32. The second kappa shape index (κ2) is 6.87. The maximum atomic E-state index is 9.85. The number of aliphatic hydroxyl groups excluding tert-OH is 1. The topological polar surface area (TPSA) is 80.4 Å². The summed E-state index contributed by atoms with van der Waals surface area (Å²) in [7, 11) is 0. The highest BCUT2D eigenvalue weighted by molar-refractivity contribution is 5.38. The predicted molar refractivity (Wildman–Crippen MR) is 84.4 cm³/mol. The van der Waals surface area contributed by atoms with E-state index < -0.39 is 6.23 Å². The van der Waals surface area contributed by atoms with Crippen LogP contribution in [0, 0.1) is 0 Å². The first-order valence-corrected chi connectivity index (χ1v) is 7.57. The molecule has 0 spiro atoms. The fourth-order valence-electron chi connectivity index (χ4n) is 2.66. The number of benzene rings is 1. The van der Waals surface area contributed by atoms with Crippen molar-refractivity contribution in [2.75, 3.05) is 13.2 Å². The second-order valence-electron chi connectivity index (χ2n) is 5.47. The van der Waals surface area contributed by atoms with Gasteiger partial charge in [0.2, 0.25) is 0 Å². The highest BCUT2D eigenvalue weighted by Gasteiger charge is 2.17. The molecule has 5 nitrogen and oxygen atoms in total.